The summed E-state index contributed by atoms with van der Waals surface area (Å²) in [6.45, 7) is 0. The normalized spacial score (nSPS) is 12.3. The molecule has 3 heteroatoms. The molecule has 0 radical (unpaired) electrons. The first-order chi connectivity index (χ1) is 37.2. The molecule has 2 nitrogen and oxygen atoms in total. The molecule has 346 valence electrons. The number of fused-ring (bicyclic) bond motifs is 15. The van der Waals surface area contributed by atoms with Crippen LogP contribution in [0, 0.1) is 0 Å². The van der Waals surface area contributed by atoms with Crippen LogP contribution < -0.4 is 0 Å². The van der Waals surface area contributed by atoms with Crippen LogP contribution >= 0.6 is 0 Å². The van der Waals surface area contributed by atoms with Gasteiger partial charge in [-0.3, -0.25) is 0 Å². The van der Waals surface area contributed by atoms with Gasteiger partial charge in [-0.2, -0.15) is 0 Å². The van der Waals surface area contributed by atoms with Crippen LogP contribution in [-0.4, -0.2) is 14.5 Å². The van der Waals surface area contributed by atoms with Crippen LogP contribution in [0.5, 0.6) is 0 Å². The second-order valence-corrected chi connectivity index (χ2v) is 22.4. The van der Waals surface area contributed by atoms with Crippen molar-refractivity contribution in [2.24, 2.45) is 0 Å². The quantitative estimate of drug-likeness (QED) is 0.130. The van der Waals surface area contributed by atoms with Crippen molar-refractivity contribution in [2.75, 3.05) is 0 Å². The van der Waals surface area contributed by atoms with Crippen LogP contribution in [0.25, 0.3) is 172 Å². The van der Waals surface area contributed by atoms with Gasteiger partial charge in [0, 0.05) is 0 Å². The van der Waals surface area contributed by atoms with E-state index >= 15 is 0 Å². The second kappa shape index (κ2) is 15.6. The first-order valence-electron chi connectivity index (χ1n) is 25.7. The molecule has 0 aliphatic heterocycles. The first kappa shape index (κ1) is 41.3. The third-order valence-corrected chi connectivity index (χ3v) is 18.7. The van der Waals surface area contributed by atoms with E-state index in [0.717, 1.165) is 43.9 Å². The standard InChI is InChI=1S/C72H40O2Se/c1-3-16-43-38-65-61(34-41(43)14-1)59-36-45(29-32-63(59)73-65)68-49-18-5-7-20-51(49)70(52-21-8-6-19-50(52)68)47-28-31-48-57-26-13-27-58(72(57)75-67(48)40-47)71-55-24-11-9-22-53(55)69(54-23-10-12-25-56(54)71)46-30-33-64-60(37-46)62-35-42-15-2-4-17-44(42)39-66(62)74-64/h1-40H. The van der Waals surface area contributed by atoms with Crippen molar-refractivity contribution in [2.45, 2.75) is 0 Å². The van der Waals surface area contributed by atoms with Gasteiger partial charge in [-0.1, -0.05) is 48.5 Å². The molecule has 0 N–H and O–H groups in total. The summed E-state index contributed by atoms with van der Waals surface area (Å²) < 4.78 is 15.8. The summed E-state index contributed by atoms with van der Waals surface area (Å²) in [6.07, 6.45) is 0. The maximum atomic E-state index is 6.49. The van der Waals surface area contributed by atoms with Gasteiger partial charge >= 0.3 is 368 Å². The van der Waals surface area contributed by atoms with E-state index in [4.69, 9.17) is 8.83 Å². The third kappa shape index (κ3) is 6.02. The Morgan fingerprint density at radius 2 is 0.587 bits per heavy atom. The van der Waals surface area contributed by atoms with Gasteiger partial charge < -0.3 is 0 Å². The zero-order valence-corrected chi connectivity index (χ0v) is 42.0. The monoisotopic (exact) mass is 1020 g/mol. The van der Waals surface area contributed by atoms with E-state index in [9.17, 15) is 0 Å². The van der Waals surface area contributed by atoms with Crippen molar-refractivity contribution in [3.05, 3.63) is 243 Å². The number of furan rings is 2. The van der Waals surface area contributed by atoms with Gasteiger partial charge in [0.05, 0.1) is 0 Å². The van der Waals surface area contributed by atoms with Gasteiger partial charge in [-0.25, -0.2) is 0 Å². The van der Waals surface area contributed by atoms with Crippen LogP contribution in [0.3, 0.4) is 0 Å². The molecule has 75 heavy (non-hydrogen) atoms. The summed E-state index contributed by atoms with van der Waals surface area (Å²) in [7, 11) is 0. The van der Waals surface area contributed by atoms with Crippen molar-refractivity contribution >= 4 is 142 Å². The SMILES string of the molecule is c1ccc2cc3c(cc2c1)oc1ccc(-c2c4ccccc4c(-c4ccc5c(c4)[se]c4c(-c6c7ccccc7c(-c7ccc8oc9cc%10ccccc%10cc9c8c7)c7ccccc67)cccc45)c4ccccc24)cc13. The Morgan fingerprint density at radius 1 is 0.227 bits per heavy atom. The molecule has 0 spiro atoms. The summed E-state index contributed by atoms with van der Waals surface area (Å²) >= 11 is 0.0509. The maximum absolute atomic E-state index is 6.49. The van der Waals surface area contributed by atoms with Crippen LogP contribution in [0.2, 0.25) is 0 Å². The van der Waals surface area contributed by atoms with Crippen molar-refractivity contribution < 1.29 is 8.83 Å². The van der Waals surface area contributed by atoms with E-state index in [1.54, 1.807) is 0 Å². The second-order valence-electron chi connectivity index (χ2n) is 20.2. The van der Waals surface area contributed by atoms with E-state index in [0.29, 0.717) is 0 Å². The molecule has 0 atom stereocenters. The Kier molecular flexibility index (Phi) is 8.60. The topological polar surface area (TPSA) is 26.3 Å². The molecule has 17 rings (SSSR count). The molecule has 0 saturated heterocycles. The van der Waals surface area contributed by atoms with Crippen molar-refractivity contribution in [1.82, 2.24) is 0 Å². The molecular formula is C72H40O2Se. The van der Waals surface area contributed by atoms with E-state index in [1.165, 1.54) is 128 Å². The number of hydrogen-bond donors (Lipinski definition) is 0. The van der Waals surface area contributed by atoms with Gasteiger partial charge in [0.2, 0.25) is 0 Å². The fourth-order valence-corrected chi connectivity index (χ4v) is 15.5. The Morgan fingerprint density at radius 3 is 1.04 bits per heavy atom. The minimum absolute atomic E-state index is 0.0509. The molecule has 0 fully saturated rings. The molecule has 0 aliphatic carbocycles. The van der Waals surface area contributed by atoms with Crippen molar-refractivity contribution in [3.63, 3.8) is 0 Å². The number of hydrogen-bond acceptors (Lipinski definition) is 2. The number of rotatable bonds is 4. The first-order valence-corrected chi connectivity index (χ1v) is 27.4. The van der Waals surface area contributed by atoms with E-state index in [-0.39, 0.29) is 14.5 Å². The zero-order valence-electron chi connectivity index (χ0n) is 40.3. The summed E-state index contributed by atoms with van der Waals surface area (Å²) in [5.41, 5.74) is 13.7. The fourth-order valence-electron chi connectivity index (χ4n) is 12.9. The number of benzene rings is 14. The Labute approximate surface area is 435 Å². The summed E-state index contributed by atoms with van der Waals surface area (Å²) in [5.74, 6) is 0. The average molecular weight is 1020 g/mol. The fraction of sp³-hybridized carbons (Fsp3) is 0. The van der Waals surface area contributed by atoms with Crippen LogP contribution in [0.4, 0.5) is 0 Å². The Hall–Kier alpha value is -9.24. The third-order valence-electron chi connectivity index (χ3n) is 16.2. The summed E-state index contributed by atoms with van der Waals surface area (Å²) in [4.78, 5) is 0. The van der Waals surface area contributed by atoms with Gasteiger partial charge in [-0.15, -0.1) is 0 Å². The van der Waals surface area contributed by atoms with Crippen LogP contribution in [0.1, 0.15) is 0 Å². The molecule has 0 saturated carbocycles. The molecule has 17 aromatic rings. The van der Waals surface area contributed by atoms with Crippen molar-refractivity contribution in [1.29, 1.82) is 0 Å². The molecule has 0 amide bonds. The summed E-state index contributed by atoms with van der Waals surface area (Å²) in [6, 6.07) is 89.9. The average Bonchev–Trinajstić information content (AvgIpc) is 4.15. The molecule has 0 aliphatic rings. The minimum atomic E-state index is 0.0509. The summed E-state index contributed by atoms with van der Waals surface area (Å²) in [5, 5.41) is 22.1. The zero-order chi connectivity index (χ0) is 48.9. The van der Waals surface area contributed by atoms with Gasteiger partial charge in [-0.05, 0) is 22.2 Å². The molecule has 0 bridgehead atoms. The van der Waals surface area contributed by atoms with E-state index in [1.807, 2.05) is 0 Å². The predicted octanol–water partition coefficient (Wildman–Crippen LogP) is 20.4. The van der Waals surface area contributed by atoms with Gasteiger partial charge in [0.1, 0.15) is 0 Å². The molecule has 3 heterocycles. The van der Waals surface area contributed by atoms with E-state index in [2.05, 4.69) is 243 Å². The molecule has 3 aromatic heterocycles. The van der Waals surface area contributed by atoms with Crippen molar-refractivity contribution in [3.8, 4) is 44.5 Å². The van der Waals surface area contributed by atoms with Gasteiger partial charge in [0.25, 0.3) is 0 Å². The van der Waals surface area contributed by atoms with Gasteiger partial charge in [0.15, 0.2) is 0 Å². The Balaban J connectivity index is 0.841. The van der Waals surface area contributed by atoms with E-state index < -0.39 is 0 Å². The van der Waals surface area contributed by atoms with Crippen LogP contribution in [-0.2, 0) is 0 Å². The molecule has 0 unspecified atom stereocenters. The molecule has 14 aromatic carbocycles. The Bertz CT molecular complexity index is 5200. The predicted molar refractivity (Wildman–Crippen MR) is 320 cm³/mol. The molecular weight excluding hydrogens is 976 g/mol. The van der Waals surface area contributed by atoms with Crippen LogP contribution in [0.15, 0.2) is 251 Å².